The number of hydrogen-bond acceptors (Lipinski definition) is 12. The predicted molar refractivity (Wildman–Crippen MR) is 191 cm³/mol. The maximum Gasteiger partial charge on any atom is 0.355 e. The van der Waals surface area contributed by atoms with Crippen molar-refractivity contribution in [2.24, 2.45) is 30.7 Å². The average Bonchev–Trinajstić information content (AvgIpc) is 3.60. The van der Waals surface area contributed by atoms with Gasteiger partial charge in [0.05, 0.1) is 34.2 Å². The molecule has 1 aliphatic carbocycles. The number of carbonyl (C=O) groups is 2. The monoisotopic (exact) mass is 741 g/mol. The van der Waals surface area contributed by atoms with E-state index in [1.807, 2.05) is 13.1 Å². The number of aromatic nitrogens is 2. The highest BCUT2D eigenvalue weighted by atomic mass is 32.6. The Hall–Kier alpha value is -2.18. The summed E-state index contributed by atoms with van der Waals surface area (Å²) in [6, 6.07) is 0. The van der Waals surface area contributed by atoms with Gasteiger partial charge in [-0.25, -0.2) is 9.78 Å². The lowest BCUT2D eigenvalue weighted by atomic mass is 9.65. The Morgan fingerprint density at radius 1 is 1.33 bits per heavy atom. The van der Waals surface area contributed by atoms with Gasteiger partial charge in [-0.15, -0.1) is 0 Å². The molecule has 1 fully saturated rings. The van der Waals surface area contributed by atoms with Gasteiger partial charge in [0.15, 0.2) is 31.2 Å². The van der Waals surface area contributed by atoms with Crippen molar-refractivity contribution in [1.82, 2.24) is 9.55 Å². The van der Waals surface area contributed by atoms with Gasteiger partial charge < -0.3 is 43.6 Å². The zero-order valence-corrected chi connectivity index (χ0v) is 31.5. The molecule has 12 atom stereocenters. The van der Waals surface area contributed by atoms with Crippen LogP contribution in [0, 0.1) is 23.7 Å². The first-order valence-electron chi connectivity index (χ1n) is 16.7. The highest BCUT2D eigenvalue weighted by Gasteiger charge is 2.53. The molecule has 15 heteroatoms. The highest BCUT2D eigenvalue weighted by molar-refractivity contribution is 8.24. The van der Waals surface area contributed by atoms with Crippen LogP contribution in [0.2, 0.25) is 0 Å². The lowest BCUT2D eigenvalue weighted by molar-refractivity contribution is -0.276. The van der Waals surface area contributed by atoms with Gasteiger partial charge in [-0.05, 0) is 68.6 Å². The fraction of sp³-hybridized carbons (Fsp3) is 0.618. The minimum absolute atomic E-state index is 0.0396. The topological polar surface area (TPSA) is 159 Å². The van der Waals surface area contributed by atoms with Crippen LogP contribution in [-0.4, -0.2) is 93.4 Å². The molecule has 0 radical (unpaired) electrons. The second-order valence-corrected chi connectivity index (χ2v) is 16.2. The number of imidazole rings is 1. The van der Waals surface area contributed by atoms with Crippen LogP contribution >= 0.6 is 15.9 Å². The van der Waals surface area contributed by atoms with E-state index >= 15 is 0 Å². The summed E-state index contributed by atoms with van der Waals surface area (Å²) < 4.78 is 37.7. The summed E-state index contributed by atoms with van der Waals surface area (Å²) in [7, 11) is 4.05. The Kier molecular flexibility index (Phi) is 13.1. The van der Waals surface area contributed by atoms with Gasteiger partial charge >= 0.3 is 13.2 Å². The molecule has 3 aliphatic heterocycles. The van der Waals surface area contributed by atoms with E-state index in [1.165, 1.54) is 19.1 Å². The zero-order chi connectivity index (χ0) is 37.0. The maximum atomic E-state index is 13.2. The molecule has 4 heterocycles. The van der Waals surface area contributed by atoms with Crippen LogP contribution in [-0.2, 0) is 52.1 Å². The summed E-state index contributed by atoms with van der Waals surface area (Å²) >= 11 is 4.31. The van der Waals surface area contributed by atoms with Crippen molar-refractivity contribution in [3.63, 3.8) is 0 Å². The Bertz CT molecular complexity index is 1530. The minimum Gasteiger partial charge on any atom is -0.456 e. The number of fused-ring (bicyclic) bond motifs is 3. The quantitative estimate of drug-likeness (QED) is 0.154. The van der Waals surface area contributed by atoms with E-state index in [0.717, 1.165) is 12.0 Å². The Labute approximate surface area is 297 Å². The number of carbonyl (C=O) groups excluding carboxylic acids is 2. The van der Waals surface area contributed by atoms with Crippen molar-refractivity contribution in [2.75, 3.05) is 13.2 Å². The summed E-state index contributed by atoms with van der Waals surface area (Å²) in [6.07, 6.45) is 9.21. The molecule has 0 saturated carbocycles. The molecule has 1 aromatic rings. The van der Waals surface area contributed by atoms with Gasteiger partial charge in [0.1, 0.15) is 23.9 Å². The first-order chi connectivity index (χ1) is 23.4. The first kappa shape index (κ1) is 38.1. The van der Waals surface area contributed by atoms with E-state index in [9.17, 15) is 24.9 Å². The van der Waals surface area contributed by atoms with E-state index in [1.54, 1.807) is 36.2 Å². The number of ether oxygens (including phenoxy) is 5. The van der Waals surface area contributed by atoms with Crippen LogP contribution in [0.3, 0.4) is 0 Å². The third kappa shape index (κ3) is 9.58. The van der Waals surface area contributed by atoms with Gasteiger partial charge in [-0.2, -0.15) is 0 Å². The number of aryl methyl sites for hydroxylation is 1. The van der Waals surface area contributed by atoms with Crippen LogP contribution in [0.5, 0.6) is 0 Å². The van der Waals surface area contributed by atoms with Crippen LogP contribution in [0.15, 0.2) is 54.1 Å². The van der Waals surface area contributed by atoms with Crippen molar-refractivity contribution in [3.8, 4) is 0 Å². The molecule has 270 valence electrons. The number of rotatable bonds is 8. The second kappa shape index (κ2) is 16.9. The van der Waals surface area contributed by atoms with Crippen molar-refractivity contribution >= 4 is 45.7 Å². The number of aliphatic hydroxyl groups excluding tert-OH is 2. The molecule has 1 saturated heterocycles. The molecule has 0 aromatic carbocycles. The molecule has 6 unspecified atom stereocenters. The Balaban J connectivity index is 0.00000133. The fourth-order valence-electron chi connectivity index (χ4n) is 6.94. The second-order valence-electron chi connectivity index (χ2n) is 13.5. The van der Waals surface area contributed by atoms with Crippen LogP contribution in [0.1, 0.15) is 53.2 Å². The van der Waals surface area contributed by atoms with Crippen LogP contribution in [0.4, 0.5) is 0 Å². The molecular weight excluding hydrogens is 690 g/mol. The van der Waals surface area contributed by atoms with Crippen molar-refractivity contribution in [1.29, 1.82) is 1.28 Å². The molecule has 3 N–H and O–H groups in total. The molecule has 0 amide bonds. The van der Waals surface area contributed by atoms with Gasteiger partial charge in [0.2, 0.25) is 5.79 Å². The lowest BCUT2D eigenvalue weighted by Gasteiger charge is -2.41. The van der Waals surface area contributed by atoms with Gasteiger partial charge in [0, 0.05) is 31.8 Å². The predicted octanol–water partition coefficient (Wildman–Crippen LogP) is 3.51. The minimum atomic E-state index is -1.92. The summed E-state index contributed by atoms with van der Waals surface area (Å²) in [5, 5.41) is 32.7. The third-order valence-electron chi connectivity index (χ3n) is 9.60. The van der Waals surface area contributed by atoms with E-state index < -0.39 is 61.0 Å². The van der Waals surface area contributed by atoms with Crippen molar-refractivity contribution in [2.45, 2.75) is 89.6 Å². The molecule has 2 bridgehead atoms. The molecular formula is C34H49N2O10P2S+. The van der Waals surface area contributed by atoms with E-state index in [2.05, 4.69) is 52.6 Å². The smallest absolute Gasteiger partial charge is 0.355 e. The average molecular weight is 742 g/mol. The molecule has 5 rings (SSSR count). The van der Waals surface area contributed by atoms with Gasteiger partial charge in [-0.1, -0.05) is 31.6 Å². The lowest BCUT2D eigenvalue weighted by Crippen LogP contribution is -2.55. The van der Waals surface area contributed by atoms with Crippen LogP contribution < -0.4 is 0 Å². The summed E-state index contributed by atoms with van der Waals surface area (Å²) in [4.78, 5) is 29.2. The largest absolute Gasteiger partial charge is 0.456 e. The van der Waals surface area contributed by atoms with Crippen LogP contribution in [0.25, 0.3) is 6.08 Å². The van der Waals surface area contributed by atoms with Gasteiger partial charge in [0.25, 0.3) is 0 Å². The fourth-order valence-corrected chi connectivity index (χ4v) is 6.94. The van der Waals surface area contributed by atoms with Crippen molar-refractivity contribution < 1.29 is 48.6 Å². The molecule has 1 aromatic heterocycles. The normalized spacial score (nSPS) is 37.3. The molecule has 49 heavy (non-hydrogen) atoms. The first-order valence-corrected chi connectivity index (χ1v) is 19.8. The zero-order valence-electron chi connectivity index (χ0n) is 29.7. The van der Waals surface area contributed by atoms with E-state index in [0.29, 0.717) is 23.6 Å². The van der Waals surface area contributed by atoms with E-state index in [4.69, 9.17) is 25.0 Å². The number of nitrogens with zero attached hydrogens (tertiary/aromatic N) is 2. The Morgan fingerprint density at radius 2 is 2.04 bits per heavy atom. The summed E-state index contributed by atoms with van der Waals surface area (Å²) in [5.41, 5.74) is 0.981. The highest BCUT2D eigenvalue weighted by Crippen LogP contribution is 2.49. The number of aliphatic hydroxyl groups is 3. The van der Waals surface area contributed by atoms with Crippen molar-refractivity contribution in [3.05, 3.63) is 59.7 Å². The van der Waals surface area contributed by atoms with Gasteiger partial charge in [-0.3, -0.25) is 4.79 Å². The standard InChI is InChI=1S/C34H46N2O10.H2P2S/c1-19(2)24-9-7-20(3)25-14-28(45-29(39)10-8-23-15-36(6)18-35-23)33(5)11-12-34(41,46-33)22(13-26(24)25)16-42-32-31(44-21(4)37)30(40)27(38)17-43-32;1-2-3/h7-8,10-13,15,18-19,24-28,30-32,38,40-41H,9,14,16-17H2,1-6H3;1H2/p+1/b10-8+,22-13-;/t24-,25+,26-,27?,28+,30?,31?,32?,33+,34-;/m1./s1/i/hT. The molecule has 4 aliphatic rings. The SMILES string of the molecule is CC(=O)OC1C(OC/C2=C/[C@@H]3[C@@H](C(C)C)CC=C(C)[C@@H]3C[C@H](OC(=O)/C=C/c3cn(C)cn3)[C@]3(C)C=C[C@@]2(O)O3)OCC(O)C1O.[3H][P+](P)=S. The third-order valence-corrected chi connectivity index (χ3v) is 9.60. The van der Waals surface area contributed by atoms with E-state index in [-0.39, 0.29) is 31.0 Å². The number of esters is 2. The summed E-state index contributed by atoms with van der Waals surface area (Å²) in [6.45, 7) is 8.08. The Morgan fingerprint density at radius 3 is 2.67 bits per heavy atom. The number of hydrogen-bond donors (Lipinski definition) is 3. The summed E-state index contributed by atoms with van der Waals surface area (Å²) in [5.74, 6) is -2.75. The maximum absolute atomic E-state index is 13.2. The molecule has 0 spiro atoms. The number of allylic oxidation sites excluding steroid dienone is 3. The molecule has 12 nitrogen and oxygen atoms in total.